The molecule has 0 atom stereocenters. The Morgan fingerprint density at radius 1 is 1.07 bits per heavy atom. The van der Waals surface area contributed by atoms with E-state index in [0.717, 1.165) is 52.3 Å². The molecule has 1 aliphatic rings. The van der Waals surface area contributed by atoms with E-state index in [2.05, 4.69) is 0 Å². The van der Waals surface area contributed by atoms with E-state index in [4.69, 9.17) is 9.47 Å². The summed E-state index contributed by atoms with van der Waals surface area (Å²) in [5.74, 6) is -0.419. The van der Waals surface area contributed by atoms with Crippen LogP contribution in [0.25, 0.3) is 16.8 Å². The van der Waals surface area contributed by atoms with Crippen molar-refractivity contribution in [2.24, 2.45) is 0 Å². The van der Waals surface area contributed by atoms with Gasteiger partial charge in [-0.15, -0.1) is 0 Å². The Kier molecular flexibility index (Phi) is 7.52. The molecule has 2 amide bonds. The number of fused-ring (bicyclic) bond motifs is 1. The highest BCUT2D eigenvalue weighted by Crippen LogP contribution is 2.36. The van der Waals surface area contributed by atoms with Crippen molar-refractivity contribution in [3.05, 3.63) is 46.9 Å². The Morgan fingerprint density at radius 3 is 2.63 bits per heavy atom. The van der Waals surface area contributed by atoms with Gasteiger partial charge in [0.05, 0.1) is 18.1 Å². The normalized spacial score (nSPS) is 15.3. The first-order valence-electron chi connectivity index (χ1n) is 10.1. The molecule has 0 aliphatic carbocycles. The minimum atomic E-state index is -0.580. The molecule has 2 aromatic carbocycles. The number of nitrogens with zero attached hydrogens (tertiary/aromatic N) is 1. The maximum Gasteiger partial charge on any atom is 0.326 e. The number of ether oxygens (including phenoxy) is 2. The molecule has 2 aromatic rings. The molecule has 158 valence electrons. The number of amides is 2. The first kappa shape index (κ1) is 21.9. The molecular weight excluding hydrogens is 402 g/mol. The predicted octanol–water partition coefficient (Wildman–Crippen LogP) is 5.01. The SMILES string of the molecule is CCCCOC(=O)CN1C(=O)S/C(=C\c2c(OCCC)ccc3ccccc23)C1=O. The molecule has 0 aromatic heterocycles. The van der Waals surface area contributed by atoms with Gasteiger partial charge in [0, 0.05) is 5.56 Å². The topological polar surface area (TPSA) is 72.9 Å². The Balaban J connectivity index is 1.88. The third kappa shape index (κ3) is 5.02. The zero-order chi connectivity index (χ0) is 21.5. The van der Waals surface area contributed by atoms with Gasteiger partial charge in [-0.05, 0) is 47.5 Å². The van der Waals surface area contributed by atoms with E-state index < -0.39 is 17.1 Å². The molecule has 0 unspecified atom stereocenters. The summed E-state index contributed by atoms with van der Waals surface area (Å²) in [6.45, 7) is 4.47. The van der Waals surface area contributed by atoms with Gasteiger partial charge in [0.2, 0.25) is 0 Å². The van der Waals surface area contributed by atoms with Crippen LogP contribution in [-0.4, -0.2) is 41.8 Å². The smallest absolute Gasteiger partial charge is 0.326 e. The average molecular weight is 428 g/mol. The molecule has 0 N–H and O–H groups in total. The highest BCUT2D eigenvalue weighted by molar-refractivity contribution is 8.18. The van der Waals surface area contributed by atoms with Crippen molar-refractivity contribution in [1.82, 2.24) is 4.90 Å². The van der Waals surface area contributed by atoms with Crippen LogP contribution in [0.5, 0.6) is 5.75 Å². The van der Waals surface area contributed by atoms with Gasteiger partial charge in [0.1, 0.15) is 12.3 Å². The van der Waals surface area contributed by atoms with Crippen LogP contribution in [0.15, 0.2) is 41.3 Å². The summed E-state index contributed by atoms with van der Waals surface area (Å²) >= 11 is 0.823. The van der Waals surface area contributed by atoms with E-state index >= 15 is 0 Å². The summed E-state index contributed by atoms with van der Waals surface area (Å²) in [4.78, 5) is 38.3. The van der Waals surface area contributed by atoms with E-state index in [-0.39, 0.29) is 18.1 Å². The summed E-state index contributed by atoms with van der Waals surface area (Å²) < 4.78 is 11.0. The second-order valence-electron chi connectivity index (χ2n) is 6.89. The van der Waals surface area contributed by atoms with Gasteiger partial charge in [0.15, 0.2) is 0 Å². The Bertz CT molecular complexity index is 985. The van der Waals surface area contributed by atoms with Crippen molar-refractivity contribution in [2.45, 2.75) is 33.1 Å². The third-order valence-electron chi connectivity index (χ3n) is 4.59. The molecule has 0 saturated carbocycles. The molecule has 1 aliphatic heterocycles. The highest BCUT2D eigenvalue weighted by Gasteiger charge is 2.37. The Hall–Kier alpha value is -2.80. The fourth-order valence-electron chi connectivity index (χ4n) is 3.03. The van der Waals surface area contributed by atoms with Crippen LogP contribution in [0, 0.1) is 0 Å². The van der Waals surface area contributed by atoms with Crippen LogP contribution in [0.4, 0.5) is 4.79 Å². The molecule has 6 nitrogen and oxygen atoms in total. The van der Waals surface area contributed by atoms with Gasteiger partial charge in [-0.2, -0.15) is 0 Å². The summed E-state index contributed by atoms with van der Waals surface area (Å²) in [6.07, 6.45) is 4.17. The molecule has 1 heterocycles. The number of carbonyl (C=O) groups excluding carboxylic acids is 3. The van der Waals surface area contributed by atoms with Crippen molar-refractivity contribution in [2.75, 3.05) is 19.8 Å². The number of imide groups is 1. The number of hydrogen-bond donors (Lipinski definition) is 0. The van der Waals surface area contributed by atoms with Gasteiger partial charge in [-0.1, -0.05) is 50.6 Å². The van der Waals surface area contributed by atoms with Crippen molar-refractivity contribution in [1.29, 1.82) is 0 Å². The fraction of sp³-hybridized carbons (Fsp3) is 0.348. The maximum atomic E-state index is 12.8. The van der Waals surface area contributed by atoms with Crippen molar-refractivity contribution in [3.8, 4) is 5.75 Å². The van der Waals surface area contributed by atoms with E-state index in [1.807, 2.05) is 50.2 Å². The number of rotatable bonds is 9. The molecule has 1 fully saturated rings. The summed E-state index contributed by atoms with van der Waals surface area (Å²) in [6, 6.07) is 11.6. The number of hydrogen-bond acceptors (Lipinski definition) is 6. The predicted molar refractivity (Wildman–Crippen MR) is 118 cm³/mol. The first-order chi connectivity index (χ1) is 14.5. The number of thioether (sulfide) groups is 1. The average Bonchev–Trinajstić information content (AvgIpc) is 3.00. The number of benzene rings is 2. The van der Waals surface area contributed by atoms with Crippen LogP contribution in [0.2, 0.25) is 0 Å². The lowest BCUT2D eigenvalue weighted by Crippen LogP contribution is -2.34. The lowest BCUT2D eigenvalue weighted by molar-refractivity contribution is -0.146. The highest BCUT2D eigenvalue weighted by atomic mass is 32.2. The second-order valence-corrected chi connectivity index (χ2v) is 7.88. The minimum absolute atomic E-state index is 0.263. The van der Waals surface area contributed by atoms with E-state index in [0.29, 0.717) is 12.4 Å². The lowest BCUT2D eigenvalue weighted by Gasteiger charge is -2.13. The molecule has 0 radical (unpaired) electrons. The standard InChI is InChI=1S/C23H25NO5S/c1-3-5-13-29-21(25)15-24-22(26)20(30-23(24)27)14-18-17-9-7-6-8-16(17)10-11-19(18)28-12-4-2/h6-11,14H,3-5,12-13,15H2,1-2H3/b20-14-. The maximum absolute atomic E-state index is 12.8. The molecule has 1 saturated heterocycles. The van der Waals surface area contributed by atoms with Gasteiger partial charge < -0.3 is 9.47 Å². The largest absolute Gasteiger partial charge is 0.493 e. The molecule has 30 heavy (non-hydrogen) atoms. The summed E-state index contributed by atoms with van der Waals surface area (Å²) in [5.41, 5.74) is 0.748. The molecule has 0 bridgehead atoms. The monoisotopic (exact) mass is 427 g/mol. The summed E-state index contributed by atoms with van der Waals surface area (Å²) in [5, 5.41) is 1.46. The van der Waals surface area contributed by atoms with Crippen molar-refractivity contribution < 1.29 is 23.9 Å². The van der Waals surface area contributed by atoms with Crippen LogP contribution < -0.4 is 4.74 Å². The van der Waals surface area contributed by atoms with E-state index in [9.17, 15) is 14.4 Å². The van der Waals surface area contributed by atoms with Crippen LogP contribution in [0.3, 0.4) is 0 Å². The zero-order valence-electron chi connectivity index (χ0n) is 17.2. The van der Waals surface area contributed by atoms with Gasteiger partial charge in [-0.25, -0.2) is 0 Å². The van der Waals surface area contributed by atoms with Gasteiger partial charge in [0.25, 0.3) is 11.1 Å². The number of carbonyl (C=O) groups is 3. The Morgan fingerprint density at radius 2 is 1.87 bits per heavy atom. The van der Waals surface area contributed by atoms with Crippen molar-refractivity contribution >= 4 is 45.7 Å². The first-order valence-corrected chi connectivity index (χ1v) is 10.9. The summed E-state index contributed by atoms with van der Waals surface area (Å²) in [7, 11) is 0. The fourth-order valence-corrected chi connectivity index (χ4v) is 3.85. The third-order valence-corrected chi connectivity index (χ3v) is 5.50. The van der Waals surface area contributed by atoms with E-state index in [1.54, 1.807) is 6.08 Å². The van der Waals surface area contributed by atoms with Crippen LogP contribution >= 0.6 is 11.8 Å². The lowest BCUT2D eigenvalue weighted by atomic mass is 10.0. The van der Waals surface area contributed by atoms with E-state index in [1.165, 1.54) is 0 Å². The molecule has 7 heteroatoms. The van der Waals surface area contributed by atoms with Gasteiger partial charge in [-0.3, -0.25) is 19.3 Å². The van der Waals surface area contributed by atoms with Crippen molar-refractivity contribution in [3.63, 3.8) is 0 Å². The minimum Gasteiger partial charge on any atom is -0.493 e. The van der Waals surface area contributed by atoms with Crippen LogP contribution in [-0.2, 0) is 14.3 Å². The Labute approximate surface area is 180 Å². The second kappa shape index (κ2) is 10.3. The molecular formula is C23H25NO5S. The zero-order valence-corrected chi connectivity index (χ0v) is 18.0. The quantitative estimate of drug-likeness (QED) is 0.318. The molecule has 3 rings (SSSR count). The van der Waals surface area contributed by atoms with Crippen LogP contribution in [0.1, 0.15) is 38.7 Å². The van der Waals surface area contributed by atoms with Gasteiger partial charge >= 0.3 is 5.97 Å². The number of esters is 1. The number of unbranched alkanes of at least 4 members (excludes halogenated alkanes) is 1. The molecule has 0 spiro atoms.